The molecular weight excluding hydrogens is 361 g/mol. The van der Waals surface area contributed by atoms with Crippen molar-refractivity contribution < 1.29 is 22.4 Å². The van der Waals surface area contributed by atoms with Gasteiger partial charge in [0.15, 0.2) is 5.82 Å². The van der Waals surface area contributed by atoms with E-state index in [-0.39, 0.29) is 24.3 Å². The van der Waals surface area contributed by atoms with E-state index in [4.69, 9.17) is 9.26 Å². The fourth-order valence-corrected chi connectivity index (χ4v) is 3.11. The van der Waals surface area contributed by atoms with Gasteiger partial charge < -0.3 is 9.26 Å². The van der Waals surface area contributed by atoms with Crippen molar-refractivity contribution in [3.8, 4) is 5.88 Å². The van der Waals surface area contributed by atoms with E-state index in [1.807, 2.05) is 13.8 Å². The predicted octanol–water partition coefficient (Wildman–Crippen LogP) is 3.90. The molecular formula is C18H23F3N4O2. The maximum Gasteiger partial charge on any atom is 0.421 e. The molecule has 148 valence electrons. The molecule has 3 heterocycles. The van der Waals surface area contributed by atoms with Crippen molar-refractivity contribution in [3.05, 3.63) is 35.6 Å². The number of nitrogens with zero attached hydrogens (tertiary/aromatic N) is 4. The van der Waals surface area contributed by atoms with Crippen molar-refractivity contribution in [3.63, 3.8) is 0 Å². The number of halogens is 3. The molecule has 1 aliphatic heterocycles. The summed E-state index contributed by atoms with van der Waals surface area (Å²) < 4.78 is 49.8. The van der Waals surface area contributed by atoms with Crippen LogP contribution in [0.1, 0.15) is 49.9 Å². The van der Waals surface area contributed by atoms with Gasteiger partial charge in [-0.25, -0.2) is 4.98 Å². The second-order valence-electron chi connectivity index (χ2n) is 7.11. The molecule has 9 heteroatoms. The third-order valence-electron chi connectivity index (χ3n) is 4.49. The summed E-state index contributed by atoms with van der Waals surface area (Å²) >= 11 is 0. The standard InChI is InChI=1S/C18H23F3N4O2/c1-12(2)16-23-15(27-24-16)10-25-8-4-5-13(9-25)11-26-17-14(18(19,20)21)6-3-7-22-17/h3,6-7,12-13H,4-5,8-11H2,1-2H3. The van der Waals surface area contributed by atoms with Crippen molar-refractivity contribution >= 4 is 0 Å². The Morgan fingerprint density at radius 3 is 2.89 bits per heavy atom. The minimum Gasteiger partial charge on any atom is -0.477 e. The fraction of sp³-hybridized carbons (Fsp3) is 0.611. The molecule has 0 aliphatic carbocycles. The third kappa shape index (κ3) is 5.18. The Balaban J connectivity index is 1.56. The largest absolute Gasteiger partial charge is 0.477 e. The zero-order chi connectivity index (χ0) is 19.4. The smallest absolute Gasteiger partial charge is 0.421 e. The van der Waals surface area contributed by atoms with Crippen molar-refractivity contribution in [1.29, 1.82) is 0 Å². The molecule has 3 rings (SSSR count). The molecule has 0 amide bonds. The number of hydrogen-bond acceptors (Lipinski definition) is 6. The van der Waals surface area contributed by atoms with E-state index in [9.17, 15) is 13.2 Å². The van der Waals surface area contributed by atoms with Crippen LogP contribution in [0.15, 0.2) is 22.9 Å². The quantitative estimate of drug-likeness (QED) is 0.753. The minimum absolute atomic E-state index is 0.120. The summed E-state index contributed by atoms with van der Waals surface area (Å²) in [6.45, 7) is 6.30. The number of alkyl halides is 3. The molecule has 2 aromatic heterocycles. The summed E-state index contributed by atoms with van der Waals surface area (Å²) in [7, 11) is 0. The van der Waals surface area contributed by atoms with E-state index in [1.165, 1.54) is 12.3 Å². The van der Waals surface area contributed by atoms with E-state index >= 15 is 0 Å². The lowest BCUT2D eigenvalue weighted by Gasteiger charge is -2.31. The molecule has 0 aromatic carbocycles. The third-order valence-corrected chi connectivity index (χ3v) is 4.49. The first-order chi connectivity index (χ1) is 12.8. The summed E-state index contributed by atoms with van der Waals surface area (Å²) in [4.78, 5) is 10.3. The van der Waals surface area contributed by atoms with Crippen LogP contribution in [-0.2, 0) is 12.7 Å². The molecule has 1 atom stereocenters. The minimum atomic E-state index is -4.48. The van der Waals surface area contributed by atoms with Crippen molar-refractivity contribution in [2.75, 3.05) is 19.7 Å². The zero-order valence-corrected chi connectivity index (χ0v) is 15.4. The molecule has 1 aliphatic rings. The summed E-state index contributed by atoms with van der Waals surface area (Å²) in [5.74, 6) is 1.20. The average molecular weight is 384 g/mol. The number of piperidine rings is 1. The van der Waals surface area contributed by atoms with Gasteiger partial charge >= 0.3 is 6.18 Å². The second-order valence-corrected chi connectivity index (χ2v) is 7.11. The Hall–Kier alpha value is -2.16. The highest BCUT2D eigenvalue weighted by molar-refractivity contribution is 5.28. The first-order valence-electron chi connectivity index (χ1n) is 9.02. The fourth-order valence-electron chi connectivity index (χ4n) is 3.11. The number of aromatic nitrogens is 3. The van der Waals surface area contributed by atoms with Crippen LogP contribution in [0.3, 0.4) is 0 Å². The lowest BCUT2D eigenvalue weighted by Crippen LogP contribution is -2.37. The van der Waals surface area contributed by atoms with E-state index < -0.39 is 11.7 Å². The maximum absolute atomic E-state index is 13.0. The van der Waals surface area contributed by atoms with Gasteiger partial charge in [0.05, 0.1) is 13.2 Å². The lowest BCUT2D eigenvalue weighted by molar-refractivity contribution is -0.139. The predicted molar refractivity (Wildman–Crippen MR) is 91.1 cm³/mol. The Bertz CT molecular complexity index is 748. The molecule has 1 saturated heterocycles. The van der Waals surface area contributed by atoms with Crippen LogP contribution in [0.25, 0.3) is 0 Å². The molecule has 0 saturated carbocycles. The van der Waals surface area contributed by atoms with E-state index in [0.717, 1.165) is 25.5 Å². The molecule has 0 bridgehead atoms. The topological polar surface area (TPSA) is 64.3 Å². The number of ether oxygens (including phenoxy) is 1. The van der Waals surface area contributed by atoms with Crippen LogP contribution in [0.2, 0.25) is 0 Å². The summed E-state index contributed by atoms with van der Waals surface area (Å²) in [5, 5.41) is 3.96. The Morgan fingerprint density at radius 1 is 1.37 bits per heavy atom. The van der Waals surface area contributed by atoms with Gasteiger partial charge in [-0.2, -0.15) is 18.2 Å². The highest BCUT2D eigenvalue weighted by Gasteiger charge is 2.35. The van der Waals surface area contributed by atoms with Gasteiger partial charge in [0.2, 0.25) is 11.8 Å². The average Bonchev–Trinajstić information content (AvgIpc) is 3.09. The number of pyridine rings is 1. The number of hydrogen-bond donors (Lipinski definition) is 0. The van der Waals surface area contributed by atoms with Crippen LogP contribution in [0.5, 0.6) is 5.88 Å². The van der Waals surface area contributed by atoms with Crippen LogP contribution in [-0.4, -0.2) is 39.7 Å². The Labute approximate surface area is 155 Å². The van der Waals surface area contributed by atoms with Crippen LogP contribution < -0.4 is 4.74 Å². The Kier molecular flexibility index (Phi) is 5.98. The molecule has 1 unspecified atom stereocenters. The second kappa shape index (κ2) is 8.24. The lowest BCUT2D eigenvalue weighted by atomic mass is 9.99. The van der Waals surface area contributed by atoms with Crippen molar-refractivity contribution in [2.24, 2.45) is 5.92 Å². The molecule has 1 fully saturated rings. The summed E-state index contributed by atoms with van der Waals surface area (Å²) in [6.07, 6.45) is -1.34. The van der Waals surface area contributed by atoms with Crippen LogP contribution >= 0.6 is 0 Å². The highest BCUT2D eigenvalue weighted by atomic mass is 19.4. The van der Waals surface area contributed by atoms with Gasteiger partial charge in [0.1, 0.15) is 5.56 Å². The van der Waals surface area contributed by atoms with E-state index in [0.29, 0.717) is 24.8 Å². The van der Waals surface area contributed by atoms with Gasteiger partial charge in [0, 0.05) is 24.6 Å². The van der Waals surface area contributed by atoms with Gasteiger partial charge in [-0.3, -0.25) is 4.90 Å². The van der Waals surface area contributed by atoms with Gasteiger partial charge in [-0.1, -0.05) is 19.0 Å². The SMILES string of the molecule is CC(C)c1noc(CN2CCCC(COc3ncccc3C(F)(F)F)C2)n1. The van der Waals surface area contributed by atoms with E-state index in [1.54, 1.807) is 0 Å². The van der Waals surface area contributed by atoms with Crippen LogP contribution in [0.4, 0.5) is 13.2 Å². The Morgan fingerprint density at radius 2 is 2.19 bits per heavy atom. The number of likely N-dealkylation sites (tertiary alicyclic amines) is 1. The summed E-state index contributed by atoms with van der Waals surface area (Å²) in [6, 6.07) is 2.24. The first-order valence-corrected chi connectivity index (χ1v) is 9.02. The van der Waals surface area contributed by atoms with Crippen molar-refractivity contribution in [2.45, 2.75) is 45.3 Å². The normalized spacial score (nSPS) is 18.8. The maximum atomic E-state index is 13.0. The van der Waals surface area contributed by atoms with Crippen molar-refractivity contribution in [1.82, 2.24) is 20.0 Å². The first kappa shape index (κ1) is 19.6. The van der Waals surface area contributed by atoms with Gasteiger partial charge in [-0.05, 0) is 31.5 Å². The van der Waals surface area contributed by atoms with Crippen LogP contribution in [0, 0.1) is 5.92 Å². The van der Waals surface area contributed by atoms with E-state index in [2.05, 4.69) is 20.0 Å². The highest BCUT2D eigenvalue weighted by Crippen LogP contribution is 2.35. The molecule has 0 N–H and O–H groups in total. The monoisotopic (exact) mass is 384 g/mol. The van der Waals surface area contributed by atoms with Gasteiger partial charge in [0.25, 0.3) is 0 Å². The number of rotatable bonds is 6. The molecule has 0 radical (unpaired) electrons. The zero-order valence-electron chi connectivity index (χ0n) is 15.4. The molecule has 6 nitrogen and oxygen atoms in total. The molecule has 2 aromatic rings. The summed E-state index contributed by atoms with van der Waals surface area (Å²) in [5.41, 5.74) is -0.843. The molecule has 27 heavy (non-hydrogen) atoms. The van der Waals surface area contributed by atoms with Gasteiger partial charge in [-0.15, -0.1) is 0 Å². The molecule has 0 spiro atoms.